The molecule has 0 unspecified atom stereocenters. The van der Waals surface area contributed by atoms with Gasteiger partial charge in [0.15, 0.2) is 5.79 Å². The minimum Gasteiger partial charge on any atom is -0.350 e. The first-order valence-corrected chi connectivity index (χ1v) is 10.5. The molecule has 2 heteroatoms. The maximum absolute atomic E-state index is 6.60. The highest BCUT2D eigenvalue weighted by molar-refractivity contribution is 5.33. The second-order valence-corrected chi connectivity index (χ2v) is 9.89. The highest BCUT2D eigenvalue weighted by Crippen LogP contribution is 2.57. The summed E-state index contributed by atoms with van der Waals surface area (Å²) >= 11 is 0. The topological polar surface area (TPSA) is 18.5 Å². The van der Waals surface area contributed by atoms with Gasteiger partial charge in [-0.1, -0.05) is 36.6 Å². The highest BCUT2D eigenvalue weighted by Gasteiger charge is 2.53. The van der Waals surface area contributed by atoms with Crippen molar-refractivity contribution in [2.24, 2.45) is 35.5 Å². The van der Waals surface area contributed by atoms with E-state index in [-0.39, 0.29) is 0 Å². The first-order chi connectivity index (χ1) is 11.8. The fourth-order valence-corrected chi connectivity index (χ4v) is 6.34. The van der Waals surface area contributed by atoms with E-state index in [4.69, 9.17) is 9.47 Å². The van der Waals surface area contributed by atoms with Gasteiger partial charge in [0.2, 0.25) is 0 Å². The standard InChI is InChI=1S/C23H36O2/c1-13(2)17-9-7-14(3)18-10-8-15(4)20-19(17)11-16-12-24-23(5,6)25-22(16)21(18)20/h7,13,16-19,21-22H,8-12H2,1-6H3/b14-7-/t16-,17+,18+,19-,21+,22+/m0/s1. The van der Waals surface area contributed by atoms with Crippen LogP contribution in [0.25, 0.3) is 0 Å². The van der Waals surface area contributed by atoms with E-state index >= 15 is 0 Å². The lowest BCUT2D eigenvalue weighted by Crippen LogP contribution is -2.56. The average molecular weight is 345 g/mol. The zero-order chi connectivity index (χ0) is 17.9. The Labute approximate surface area is 154 Å². The zero-order valence-electron chi connectivity index (χ0n) is 17.0. The molecule has 0 spiro atoms. The van der Waals surface area contributed by atoms with Gasteiger partial charge >= 0.3 is 0 Å². The minimum absolute atomic E-state index is 0.338. The third-order valence-corrected chi connectivity index (χ3v) is 7.63. The summed E-state index contributed by atoms with van der Waals surface area (Å²) in [5.41, 5.74) is 5.09. The molecule has 0 aromatic heterocycles. The molecule has 0 radical (unpaired) electrons. The van der Waals surface area contributed by atoms with Gasteiger partial charge in [-0.25, -0.2) is 0 Å². The number of allylic oxidation sites excluding steroid dienone is 3. The van der Waals surface area contributed by atoms with Gasteiger partial charge in [-0.05, 0) is 77.0 Å². The Hall–Kier alpha value is -0.600. The molecule has 140 valence electrons. The van der Waals surface area contributed by atoms with E-state index < -0.39 is 5.79 Å². The summed E-state index contributed by atoms with van der Waals surface area (Å²) in [5.74, 6) is 3.60. The average Bonchev–Trinajstić information content (AvgIpc) is 2.53. The summed E-state index contributed by atoms with van der Waals surface area (Å²) in [5, 5.41) is 0. The van der Waals surface area contributed by atoms with Crippen molar-refractivity contribution >= 4 is 0 Å². The second kappa shape index (κ2) is 6.23. The monoisotopic (exact) mass is 344 g/mol. The van der Waals surface area contributed by atoms with Crippen molar-refractivity contribution in [2.45, 2.75) is 79.1 Å². The van der Waals surface area contributed by atoms with Crippen molar-refractivity contribution < 1.29 is 9.47 Å². The third-order valence-electron chi connectivity index (χ3n) is 7.63. The maximum Gasteiger partial charge on any atom is 0.163 e. The van der Waals surface area contributed by atoms with Crippen molar-refractivity contribution in [3.05, 3.63) is 22.8 Å². The molecule has 1 aliphatic heterocycles. The van der Waals surface area contributed by atoms with E-state index in [1.54, 1.807) is 16.7 Å². The molecule has 1 saturated heterocycles. The largest absolute Gasteiger partial charge is 0.350 e. The molecule has 3 aliphatic carbocycles. The normalized spacial score (nSPS) is 45.3. The van der Waals surface area contributed by atoms with Gasteiger partial charge in [0.05, 0.1) is 12.7 Å². The molecule has 4 aliphatic rings. The fraction of sp³-hybridized carbons (Fsp3) is 0.826. The number of fused-ring (bicyclic) bond motifs is 1. The van der Waals surface area contributed by atoms with Crippen LogP contribution in [0.1, 0.15) is 67.2 Å². The zero-order valence-corrected chi connectivity index (χ0v) is 17.0. The Morgan fingerprint density at radius 3 is 2.64 bits per heavy atom. The van der Waals surface area contributed by atoms with Crippen LogP contribution in [0.5, 0.6) is 0 Å². The smallest absolute Gasteiger partial charge is 0.163 e. The minimum atomic E-state index is -0.436. The first-order valence-electron chi connectivity index (χ1n) is 10.5. The van der Waals surface area contributed by atoms with Crippen LogP contribution in [0.15, 0.2) is 22.8 Å². The molecule has 1 saturated carbocycles. The van der Waals surface area contributed by atoms with Crippen molar-refractivity contribution in [1.82, 2.24) is 0 Å². The second-order valence-electron chi connectivity index (χ2n) is 9.89. The summed E-state index contributed by atoms with van der Waals surface area (Å²) in [6.07, 6.45) is 8.00. The van der Waals surface area contributed by atoms with E-state index in [9.17, 15) is 0 Å². The summed E-state index contributed by atoms with van der Waals surface area (Å²) in [4.78, 5) is 0. The van der Waals surface area contributed by atoms with E-state index in [0.29, 0.717) is 23.9 Å². The lowest BCUT2D eigenvalue weighted by atomic mass is 9.54. The van der Waals surface area contributed by atoms with E-state index in [0.717, 1.165) is 24.4 Å². The molecule has 0 aromatic rings. The molecular weight excluding hydrogens is 308 g/mol. The highest BCUT2D eigenvalue weighted by atomic mass is 16.7. The molecular formula is C23H36O2. The molecule has 25 heavy (non-hydrogen) atoms. The molecule has 4 bridgehead atoms. The molecule has 2 nitrogen and oxygen atoms in total. The molecule has 0 amide bonds. The first kappa shape index (κ1) is 17.8. The predicted octanol–water partition coefficient (Wildman–Crippen LogP) is 5.74. The van der Waals surface area contributed by atoms with Crippen LogP contribution in [-0.4, -0.2) is 18.5 Å². The number of hydrogen-bond acceptors (Lipinski definition) is 2. The summed E-state index contributed by atoms with van der Waals surface area (Å²) in [7, 11) is 0. The van der Waals surface area contributed by atoms with Gasteiger partial charge in [-0.15, -0.1) is 0 Å². The molecule has 6 atom stereocenters. The quantitative estimate of drug-likeness (QED) is 0.565. The van der Waals surface area contributed by atoms with Gasteiger partial charge in [-0.2, -0.15) is 0 Å². The Bertz CT molecular complexity index is 597. The van der Waals surface area contributed by atoms with Gasteiger partial charge in [0.25, 0.3) is 0 Å². The lowest BCUT2D eigenvalue weighted by Gasteiger charge is -2.56. The van der Waals surface area contributed by atoms with E-state index in [1.807, 2.05) is 0 Å². The third kappa shape index (κ3) is 2.94. The SMILES string of the molecule is CC1=C2[C@@H]3[C@@H]4OC(C)(C)OC[C@@H]4C[C@H]2[C@@H](C(C)C)C/C=C(/C)[C@H]3CC1. The summed E-state index contributed by atoms with van der Waals surface area (Å²) in [6.45, 7) is 14.7. The van der Waals surface area contributed by atoms with Gasteiger partial charge in [0.1, 0.15) is 0 Å². The number of rotatable bonds is 1. The lowest BCUT2D eigenvalue weighted by molar-refractivity contribution is -0.310. The van der Waals surface area contributed by atoms with Gasteiger partial charge in [-0.3, -0.25) is 0 Å². The van der Waals surface area contributed by atoms with Crippen molar-refractivity contribution in [2.75, 3.05) is 6.61 Å². The van der Waals surface area contributed by atoms with Crippen LogP contribution in [0, 0.1) is 35.5 Å². The van der Waals surface area contributed by atoms with Crippen LogP contribution >= 0.6 is 0 Å². The molecule has 2 fully saturated rings. The van der Waals surface area contributed by atoms with Crippen molar-refractivity contribution in [1.29, 1.82) is 0 Å². The van der Waals surface area contributed by atoms with Crippen LogP contribution in [0.2, 0.25) is 0 Å². The van der Waals surface area contributed by atoms with Gasteiger partial charge in [0, 0.05) is 11.8 Å². The van der Waals surface area contributed by atoms with E-state index in [2.05, 4.69) is 47.6 Å². The Kier molecular flexibility index (Phi) is 4.44. The molecule has 4 rings (SSSR count). The van der Waals surface area contributed by atoms with Crippen molar-refractivity contribution in [3.8, 4) is 0 Å². The summed E-state index contributed by atoms with van der Waals surface area (Å²) in [6, 6.07) is 0. The molecule has 1 heterocycles. The van der Waals surface area contributed by atoms with Crippen LogP contribution in [0.4, 0.5) is 0 Å². The Balaban J connectivity index is 1.83. The van der Waals surface area contributed by atoms with Gasteiger partial charge < -0.3 is 9.47 Å². The van der Waals surface area contributed by atoms with Crippen LogP contribution < -0.4 is 0 Å². The molecule has 0 aromatic carbocycles. The van der Waals surface area contributed by atoms with E-state index in [1.165, 1.54) is 25.7 Å². The van der Waals surface area contributed by atoms with Crippen LogP contribution in [0.3, 0.4) is 0 Å². The fourth-order valence-electron chi connectivity index (χ4n) is 6.34. The molecule has 0 N–H and O–H groups in total. The number of ether oxygens (including phenoxy) is 2. The summed E-state index contributed by atoms with van der Waals surface area (Å²) < 4.78 is 12.7. The number of hydrogen-bond donors (Lipinski definition) is 0. The Morgan fingerprint density at radius 1 is 1.16 bits per heavy atom. The van der Waals surface area contributed by atoms with Crippen molar-refractivity contribution in [3.63, 3.8) is 0 Å². The maximum atomic E-state index is 6.60. The predicted molar refractivity (Wildman–Crippen MR) is 102 cm³/mol. The Morgan fingerprint density at radius 2 is 1.92 bits per heavy atom. The van der Waals surface area contributed by atoms with Crippen LogP contribution in [-0.2, 0) is 9.47 Å².